The highest BCUT2D eigenvalue weighted by Crippen LogP contribution is 2.20. The van der Waals surface area contributed by atoms with Crippen LogP contribution >= 0.6 is 15.9 Å². The van der Waals surface area contributed by atoms with Gasteiger partial charge in [0.15, 0.2) is 0 Å². The first kappa shape index (κ1) is 6.30. The van der Waals surface area contributed by atoms with Gasteiger partial charge in [-0.1, -0.05) is 22.0 Å². The number of halogens is 1. The number of alkyl halides is 1. The first-order valence-electron chi connectivity index (χ1n) is 2.73. The van der Waals surface area contributed by atoms with Crippen LogP contribution in [0.4, 0.5) is 0 Å². The summed E-state index contributed by atoms with van der Waals surface area (Å²) in [4.78, 5) is 0.358. The molecular weight excluding hydrogens is 168 g/mol. The van der Waals surface area contributed by atoms with Crippen LogP contribution in [0.25, 0.3) is 0 Å². The summed E-state index contributed by atoms with van der Waals surface area (Å²) >= 11 is 3.41. The van der Waals surface area contributed by atoms with Crippen LogP contribution < -0.4 is 0 Å². The summed E-state index contributed by atoms with van der Waals surface area (Å²) in [6.45, 7) is 4.55. The SMILES string of the molecule is C=CC(Br)C1CCO1. The van der Waals surface area contributed by atoms with Crippen molar-refractivity contribution in [2.45, 2.75) is 17.4 Å². The van der Waals surface area contributed by atoms with E-state index in [0.29, 0.717) is 10.9 Å². The molecule has 0 bridgehead atoms. The molecule has 0 amide bonds. The average Bonchev–Trinajstić information content (AvgIpc) is 1.62. The third kappa shape index (κ3) is 1.12. The topological polar surface area (TPSA) is 9.23 Å². The highest BCUT2D eigenvalue weighted by molar-refractivity contribution is 9.09. The molecule has 0 N–H and O–H groups in total. The Kier molecular flexibility index (Phi) is 2.08. The van der Waals surface area contributed by atoms with Crippen LogP contribution in [0, 0.1) is 0 Å². The largest absolute Gasteiger partial charge is 0.377 e. The number of hydrogen-bond acceptors (Lipinski definition) is 1. The fraction of sp³-hybridized carbons (Fsp3) is 0.667. The predicted octanol–water partition coefficient (Wildman–Crippen LogP) is 1.72. The molecule has 2 heteroatoms. The number of rotatable bonds is 2. The maximum atomic E-state index is 5.17. The van der Waals surface area contributed by atoms with Crippen molar-refractivity contribution in [3.63, 3.8) is 0 Å². The molecule has 0 aromatic heterocycles. The van der Waals surface area contributed by atoms with Gasteiger partial charge in [0.1, 0.15) is 0 Å². The Balaban J connectivity index is 2.22. The minimum Gasteiger partial charge on any atom is -0.377 e. The minimum absolute atomic E-state index is 0.358. The molecule has 0 aliphatic carbocycles. The lowest BCUT2D eigenvalue weighted by Gasteiger charge is -2.28. The summed E-state index contributed by atoms with van der Waals surface area (Å²) in [7, 11) is 0. The molecule has 1 saturated heterocycles. The van der Waals surface area contributed by atoms with Crippen LogP contribution in [0.5, 0.6) is 0 Å². The van der Waals surface area contributed by atoms with E-state index in [1.54, 1.807) is 0 Å². The molecule has 0 radical (unpaired) electrons. The summed E-state index contributed by atoms with van der Waals surface area (Å²) in [5, 5.41) is 0. The van der Waals surface area contributed by atoms with Crippen LogP contribution in [-0.4, -0.2) is 17.5 Å². The molecular formula is C6H9BrO. The third-order valence-electron chi connectivity index (χ3n) is 1.31. The standard InChI is InChI=1S/C6H9BrO/c1-2-5(7)6-3-4-8-6/h2,5-6H,1,3-4H2. The smallest absolute Gasteiger partial charge is 0.0756 e. The fourth-order valence-corrected chi connectivity index (χ4v) is 1.07. The van der Waals surface area contributed by atoms with Crippen molar-refractivity contribution in [3.05, 3.63) is 12.7 Å². The Morgan fingerprint density at radius 1 is 1.88 bits per heavy atom. The van der Waals surface area contributed by atoms with E-state index < -0.39 is 0 Å². The summed E-state index contributed by atoms with van der Waals surface area (Å²) in [5.74, 6) is 0. The molecule has 0 spiro atoms. The van der Waals surface area contributed by atoms with Gasteiger partial charge >= 0.3 is 0 Å². The van der Waals surface area contributed by atoms with Gasteiger partial charge < -0.3 is 4.74 Å². The molecule has 1 aliphatic rings. The van der Waals surface area contributed by atoms with E-state index in [9.17, 15) is 0 Å². The van der Waals surface area contributed by atoms with Gasteiger partial charge in [-0.05, 0) is 6.42 Å². The Morgan fingerprint density at radius 2 is 2.50 bits per heavy atom. The van der Waals surface area contributed by atoms with E-state index in [1.165, 1.54) is 6.42 Å². The highest BCUT2D eigenvalue weighted by Gasteiger charge is 2.23. The zero-order valence-electron chi connectivity index (χ0n) is 4.64. The van der Waals surface area contributed by atoms with E-state index in [2.05, 4.69) is 22.5 Å². The monoisotopic (exact) mass is 176 g/mol. The summed E-state index contributed by atoms with van der Waals surface area (Å²) in [6.07, 6.45) is 3.43. The molecule has 2 atom stereocenters. The van der Waals surface area contributed by atoms with Crippen LogP contribution in [-0.2, 0) is 4.74 Å². The minimum atomic E-state index is 0.358. The second-order valence-corrected chi connectivity index (χ2v) is 2.94. The summed E-state index contributed by atoms with van der Waals surface area (Å²) in [5.41, 5.74) is 0. The van der Waals surface area contributed by atoms with Gasteiger partial charge in [0.25, 0.3) is 0 Å². The van der Waals surface area contributed by atoms with Crippen molar-refractivity contribution in [3.8, 4) is 0 Å². The van der Waals surface area contributed by atoms with E-state index in [0.717, 1.165) is 6.61 Å². The summed E-state index contributed by atoms with van der Waals surface area (Å²) in [6, 6.07) is 0. The van der Waals surface area contributed by atoms with E-state index in [4.69, 9.17) is 4.74 Å². The van der Waals surface area contributed by atoms with Gasteiger partial charge in [-0.3, -0.25) is 0 Å². The lowest BCUT2D eigenvalue weighted by atomic mass is 10.1. The maximum absolute atomic E-state index is 5.17. The molecule has 46 valence electrons. The second-order valence-electron chi connectivity index (χ2n) is 1.88. The quantitative estimate of drug-likeness (QED) is 0.461. The molecule has 8 heavy (non-hydrogen) atoms. The predicted molar refractivity (Wildman–Crippen MR) is 37.3 cm³/mol. The van der Waals surface area contributed by atoms with E-state index in [-0.39, 0.29) is 0 Å². The third-order valence-corrected chi connectivity index (χ3v) is 2.28. The van der Waals surface area contributed by atoms with Gasteiger partial charge in [-0.15, -0.1) is 6.58 Å². The van der Waals surface area contributed by atoms with Crippen molar-refractivity contribution in [2.24, 2.45) is 0 Å². The van der Waals surface area contributed by atoms with Crippen molar-refractivity contribution in [1.29, 1.82) is 0 Å². The Bertz CT molecular complexity index is 88.5. The maximum Gasteiger partial charge on any atom is 0.0756 e. The van der Waals surface area contributed by atoms with Gasteiger partial charge in [0, 0.05) is 6.61 Å². The first-order chi connectivity index (χ1) is 3.84. The number of hydrogen-bond donors (Lipinski definition) is 0. The van der Waals surface area contributed by atoms with E-state index >= 15 is 0 Å². The number of ether oxygens (including phenoxy) is 1. The molecule has 1 nitrogen and oxygen atoms in total. The van der Waals surface area contributed by atoms with Gasteiger partial charge in [-0.2, -0.15) is 0 Å². The molecule has 2 unspecified atom stereocenters. The molecule has 1 aliphatic heterocycles. The van der Waals surface area contributed by atoms with Gasteiger partial charge in [0.2, 0.25) is 0 Å². The van der Waals surface area contributed by atoms with Crippen molar-refractivity contribution >= 4 is 15.9 Å². The second kappa shape index (κ2) is 2.65. The molecule has 0 saturated carbocycles. The molecule has 1 heterocycles. The lowest BCUT2D eigenvalue weighted by molar-refractivity contribution is -0.0432. The Labute approximate surface area is 57.8 Å². The molecule has 1 rings (SSSR count). The van der Waals surface area contributed by atoms with Crippen LogP contribution in [0.1, 0.15) is 6.42 Å². The first-order valence-corrected chi connectivity index (χ1v) is 3.64. The van der Waals surface area contributed by atoms with Crippen molar-refractivity contribution in [2.75, 3.05) is 6.61 Å². The van der Waals surface area contributed by atoms with Crippen LogP contribution in [0.2, 0.25) is 0 Å². The zero-order valence-corrected chi connectivity index (χ0v) is 6.23. The highest BCUT2D eigenvalue weighted by atomic mass is 79.9. The van der Waals surface area contributed by atoms with Crippen LogP contribution in [0.3, 0.4) is 0 Å². The average molecular weight is 177 g/mol. The van der Waals surface area contributed by atoms with Crippen molar-refractivity contribution in [1.82, 2.24) is 0 Å². The van der Waals surface area contributed by atoms with Crippen LogP contribution in [0.15, 0.2) is 12.7 Å². The fourth-order valence-electron chi connectivity index (χ4n) is 0.657. The molecule has 1 fully saturated rings. The zero-order chi connectivity index (χ0) is 5.98. The molecule has 0 aromatic rings. The van der Waals surface area contributed by atoms with Gasteiger partial charge in [-0.25, -0.2) is 0 Å². The van der Waals surface area contributed by atoms with Gasteiger partial charge in [0.05, 0.1) is 10.9 Å². The Morgan fingerprint density at radius 3 is 2.62 bits per heavy atom. The molecule has 0 aromatic carbocycles. The normalized spacial score (nSPS) is 30.9. The van der Waals surface area contributed by atoms with Crippen molar-refractivity contribution < 1.29 is 4.74 Å². The lowest BCUT2D eigenvalue weighted by Crippen LogP contribution is -2.33. The Hall–Kier alpha value is 0.180. The summed E-state index contributed by atoms with van der Waals surface area (Å²) < 4.78 is 5.17. The van der Waals surface area contributed by atoms with E-state index in [1.807, 2.05) is 6.08 Å².